The zero-order valence-electron chi connectivity index (χ0n) is 13.0. The first kappa shape index (κ1) is 15.6. The lowest BCUT2D eigenvalue weighted by Gasteiger charge is -2.21. The highest BCUT2D eigenvalue weighted by Crippen LogP contribution is 2.35. The van der Waals surface area contributed by atoms with Crippen LogP contribution in [-0.2, 0) is 0 Å². The van der Waals surface area contributed by atoms with E-state index in [4.69, 9.17) is 4.74 Å². The summed E-state index contributed by atoms with van der Waals surface area (Å²) in [7, 11) is 0. The second kappa shape index (κ2) is 6.78. The Balaban J connectivity index is 2.15. The molecule has 0 spiro atoms. The van der Waals surface area contributed by atoms with Crippen LogP contribution in [0.15, 0.2) is 18.2 Å². The van der Waals surface area contributed by atoms with Gasteiger partial charge in [-0.15, -0.1) is 0 Å². The van der Waals surface area contributed by atoms with Gasteiger partial charge in [-0.1, -0.05) is 20.8 Å². The number of nitro benzene ring substituents is 1. The average Bonchev–Trinajstić information content (AvgIpc) is 2.77. The van der Waals surface area contributed by atoms with E-state index in [9.17, 15) is 10.1 Å². The molecule has 1 aromatic rings. The van der Waals surface area contributed by atoms with Gasteiger partial charge in [-0.05, 0) is 37.2 Å². The van der Waals surface area contributed by atoms with Crippen molar-refractivity contribution < 1.29 is 9.66 Å². The van der Waals surface area contributed by atoms with Gasteiger partial charge >= 0.3 is 5.69 Å². The first-order valence-electron chi connectivity index (χ1n) is 7.70. The van der Waals surface area contributed by atoms with Crippen LogP contribution in [0.1, 0.15) is 40.0 Å². The predicted octanol–water partition coefficient (Wildman–Crippen LogP) is 4.23. The standard InChI is InChI=1S/C16H24N2O3/c1-4-9-21-16-10-13(6-8-15(16)18(19)20)17-14-7-5-11(2)12(14)3/h6,8,10-12,14,17H,4-5,7,9H2,1-3H3. The molecule has 2 rings (SSSR count). The predicted molar refractivity (Wildman–Crippen MR) is 83.9 cm³/mol. The highest BCUT2D eigenvalue weighted by molar-refractivity contribution is 5.58. The lowest BCUT2D eigenvalue weighted by molar-refractivity contribution is -0.385. The third-order valence-corrected chi connectivity index (χ3v) is 4.44. The van der Waals surface area contributed by atoms with Gasteiger partial charge in [0.25, 0.3) is 0 Å². The second-order valence-electron chi connectivity index (χ2n) is 5.95. The van der Waals surface area contributed by atoms with Crippen LogP contribution in [0.25, 0.3) is 0 Å². The fraction of sp³-hybridized carbons (Fsp3) is 0.625. The highest BCUT2D eigenvalue weighted by Gasteiger charge is 2.29. The number of hydrogen-bond acceptors (Lipinski definition) is 4. The monoisotopic (exact) mass is 292 g/mol. The summed E-state index contributed by atoms with van der Waals surface area (Å²) in [6.45, 7) is 7.00. The molecule has 1 N–H and O–H groups in total. The van der Waals surface area contributed by atoms with Gasteiger partial charge in [0.15, 0.2) is 5.75 Å². The van der Waals surface area contributed by atoms with Gasteiger partial charge in [0.2, 0.25) is 0 Å². The lowest BCUT2D eigenvalue weighted by Crippen LogP contribution is -2.24. The Labute approximate surface area is 125 Å². The number of ether oxygens (including phenoxy) is 1. The summed E-state index contributed by atoms with van der Waals surface area (Å²) in [5.41, 5.74) is 0.930. The zero-order chi connectivity index (χ0) is 15.4. The molecular weight excluding hydrogens is 268 g/mol. The van der Waals surface area contributed by atoms with E-state index in [1.54, 1.807) is 12.1 Å². The molecule has 1 aliphatic rings. The van der Waals surface area contributed by atoms with E-state index in [-0.39, 0.29) is 5.69 Å². The van der Waals surface area contributed by atoms with E-state index in [1.165, 1.54) is 12.5 Å². The van der Waals surface area contributed by atoms with Crippen LogP contribution in [-0.4, -0.2) is 17.6 Å². The van der Waals surface area contributed by atoms with Gasteiger partial charge in [0.05, 0.1) is 11.5 Å². The van der Waals surface area contributed by atoms with Crippen molar-refractivity contribution in [1.82, 2.24) is 0 Å². The van der Waals surface area contributed by atoms with Crippen LogP contribution < -0.4 is 10.1 Å². The molecular formula is C16H24N2O3. The van der Waals surface area contributed by atoms with Crippen molar-refractivity contribution in [2.75, 3.05) is 11.9 Å². The molecule has 3 atom stereocenters. The maximum absolute atomic E-state index is 11.0. The van der Waals surface area contributed by atoms with E-state index in [0.29, 0.717) is 24.3 Å². The molecule has 1 fully saturated rings. The molecule has 5 heteroatoms. The normalized spacial score (nSPS) is 24.8. The molecule has 1 aromatic carbocycles. The number of nitrogens with zero attached hydrogens (tertiary/aromatic N) is 1. The Hall–Kier alpha value is -1.78. The smallest absolute Gasteiger partial charge is 0.311 e. The summed E-state index contributed by atoms with van der Waals surface area (Å²) in [4.78, 5) is 10.6. The Morgan fingerprint density at radius 3 is 2.71 bits per heavy atom. The van der Waals surface area contributed by atoms with Crippen LogP contribution in [0.5, 0.6) is 5.75 Å². The molecule has 116 valence electrons. The van der Waals surface area contributed by atoms with Gasteiger partial charge < -0.3 is 10.1 Å². The van der Waals surface area contributed by atoms with Crippen LogP contribution in [0.2, 0.25) is 0 Å². The summed E-state index contributed by atoms with van der Waals surface area (Å²) in [6.07, 6.45) is 3.20. The van der Waals surface area contributed by atoms with Crippen molar-refractivity contribution in [3.63, 3.8) is 0 Å². The minimum absolute atomic E-state index is 0.0295. The molecule has 0 bridgehead atoms. The Bertz CT molecular complexity index is 504. The number of nitrogens with one attached hydrogen (secondary N) is 1. The summed E-state index contributed by atoms with van der Waals surface area (Å²) in [5, 5.41) is 14.5. The summed E-state index contributed by atoms with van der Waals surface area (Å²) < 4.78 is 5.52. The second-order valence-corrected chi connectivity index (χ2v) is 5.95. The number of anilines is 1. The minimum atomic E-state index is -0.394. The molecule has 21 heavy (non-hydrogen) atoms. The molecule has 0 aliphatic heterocycles. The molecule has 5 nitrogen and oxygen atoms in total. The molecule has 3 unspecified atom stereocenters. The van der Waals surface area contributed by atoms with Crippen LogP contribution >= 0.6 is 0 Å². The number of rotatable bonds is 6. The topological polar surface area (TPSA) is 64.4 Å². The van der Waals surface area contributed by atoms with Crippen LogP contribution in [0.3, 0.4) is 0 Å². The largest absolute Gasteiger partial charge is 0.487 e. The van der Waals surface area contributed by atoms with Crippen molar-refractivity contribution in [3.8, 4) is 5.75 Å². The summed E-state index contributed by atoms with van der Waals surface area (Å²) in [6, 6.07) is 5.48. The molecule has 0 aromatic heterocycles. The number of benzene rings is 1. The van der Waals surface area contributed by atoms with E-state index < -0.39 is 4.92 Å². The van der Waals surface area contributed by atoms with Gasteiger partial charge in [-0.25, -0.2) is 0 Å². The maximum atomic E-state index is 11.0. The van der Waals surface area contributed by atoms with Gasteiger partial charge in [-0.2, -0.15) is 0 Å². The molecule has 1 saturated carbocycles. The van der Waals surface area contributed by atoms with Crippen molar-refractivity contribution >= 4 is 11.4 Å². The Morgan fingerprint density at radius 1 is 1.38 bits per heavy atom. The zero-order valence-corrected chi connectivity index (χ0v) is 13.0. The van der Waals surface area contributed by atoms with Crippen LogP contribution in [0, 0.1) is 22.0 Å². The van der Waals surface area contributed by atoms with Gasteiger partial charge in [0.1, 0.15) is 0 Å². The van der Waals surface area contributed by atoms with Gasteiger partial charge in [0, 0.05) is 23.9 Å². The van der Waals surface area contributed by atoms with Crippen molar-refractivity contribution in [1.29, 1.82) is 0 Å². The first-order chi connectivity index (χ1) is 10.0. The minimum Gasteiger partial charge on any atom is -0.487 e. The highest BCUT2D eigenvalue weighted by atomic mass is 16.6. The van der Waals surface area contributed by atoms with E-state index in [1.807, 2.05) is 6.92 Å². The molecule has 1 aliphatic carbocycles. The average molecular weight is 292 g/mol. The summed E-state index contributed by atoms with van der Waals surface area (Å²) >= 11 is 0. The van der Waals surface area contributed by atoms with Gasteiger partial charge in [-0.3, -0.25) is 10.1 Å². The van der Waals surface area contributed by atoms with E-state index >= 15 is 0 Å². The molecule has 0 saturated heterocycles. The Kier molecular flexibility index (Phi) is 5.04. The summed E-state index contributed by atoms with van der Waals surface area (Å²) in [5.74, 6) is 1.68. The fourth-order valence-corrected chi connectivity index (χ4v) is 2.86. The van der Waals surface area contributed by atoms with Crippen molar-refractivity contribution in [3.05, 3.63) is 28.3 Å². The molecule has 0 heterocycles. The first-order valence-corrected chi connectivity index (χ1v) is 7.70. The molecule has 0 radical (unpaired) electrons. The quantitative estimate of drug-likeness (QED) is 0.629. The third-order valence-electron chi connectivity index (χ3n) is 4.44. The maximum Gasteiger partial charge on any atom is 0.311 e. The molecule has 0 amide bonds. The van der Waals surface area contributed by atoms with Crippen molar-refractivity contribution in [2.45, 2.75) is 46.1 Å². The lowest BCUT2D eigenvalue weighted by atomic mass is 9.97. The number of nitro groups is 1. The van der Waals surface area contributed by atoms with Crippen LogP contribution in [0.4, 0.5) is 11.4 Å². The number of hydrogen-bond donors (Lipinski definition) is 1. The SMILES string of the molecule is CCCOc1cc(NC2CCC(C)C2C)ccc1[N+](=O)[O-]. The third kappa shape index (κ3) is 3.65. The Morgan fingerprint density at radius 2 is 2.14 bits per heavy atom. The van der Waals surface area contributed by atoms with Crippen molar-refractivity contribution in [2.24, 2.45) is 11.8 Å². The fourth-order valence-electron chi connectivity index (χ4n) is 2.86. The van der Waals surface area contributed by atoms with E-state index in [0.717, 1.165) is 24.4 Å². The van der Waals surface area contributed by atoms with E-state index in [2.05, 4.69) is 19.2 Å².